The number of hydrogen-bond donors (Lipinski definition) is 0. The number of anilines is 1. The van der Waals surface area contributed by atoms with Gasteiger partial charge in [0, 0.05) is 32.4 Å². The molecule has 1 saturated heterocycles. The Labute approximate surface area is 145 Å². The fraction of sp³-hybridized carbons (Fsp3) is 0.438. The van der Waals surface area contributed by atoms with Gasteiger partial charge in [-0.15, -0.1) is 0 Å². The van der Waals surface area contributed by atoms with Gasteiger partial charge in [0.25, 0.3) is 5.91 Å². The number of carbonyl (C=O) groups is 1. The first-order chi connectivity index (χ1) is 12.2. The molecular weight excluding hydrogens is 324 g/mol. The van der Waals surface area contributed by atoms with Crippen LogP contribution in [0.15, 0.2) is 24.7 Å². The number of rotatable bonds is 4. The highest BCUT2D eigenvalue weighted by molar-refractivity contribution is 5.92. The molecule has 3 rings (SSSR count). The Bertz CT molecular complexity index is 705. The van der Waals surface area contributed by atoms with Crippen molar-refractivity contribution in [2.45, 2.75) is 6.42 Å². The van der Waals surface area contributed by atoms with Crippen LogP contribution in [0, 0.1) is 0 Å². The van der Waals surface area contributed by atoms with Crippen LogP contribution in [-0.4, -0.2) is 71.1 Å². The number of ether oxygens (including phenoxy) is 2. The Morgan fingerprint density at radius 1 is 1.08 bits per heavy atom. The summed E-state index contributed by atoms with van der Waals surface area (Å²) in [4.78, 5) is 33.0. The lowest BCUT2D eigenvalue weighted by atomic mass is 10.3. The Hall–Kier alpha value is -2.97. The zero-order chi connectivity index (χ0) is 17.6. The summed E-state index contributed by atoms with van der Waals surface area (Å²) in [7, 11) is 3.10. The summed E-state index contributed by atoms with van der Waals surface area (Å²) < 4.78 is 10.4. The van der Waals surface area contributed by atoms with Gasteiger partial charge in [-0.05, 0) is 12.5 Å². The molecule has 2 aromatic heterocycles. The molecule has 1 aliphatic heterocycles. The van der Waals surface area contributed by atoms with Crippen LogP contribution in [0.1, 0.15) is 16.9 Å². The number of amides is 1. The molecule has 25 heavy (non-hydrogen) atoms. The molecule has 132 valence electrons. The van der Waals surface area contributed by atoms with Gasteiger partial charge < -0.3 is 19.3 Å². The van der Waals surface area contributed by atoms with Gasteiger partial charge in [-0.2, -0.15) is 9.97 Å². The average Bonchev–Trinajstić information content (AvgIpc) is 2.94. The molecule has 0 bridgehead atoms. The van der Waals surface area contributed by atoms with Gasteiger partial charge >= 0.3 is 0 Å². The molecular formula is C16H20N6O3. The lowest BCUT2D eigenvalue weighted by Gasteiger charge is -2.22. The standard InChI is InChI=1S/C16H20N6O3/c1-24-13-10-14(25-2)20-16(19-13)22-7-3-6-21(8-9-22)15(23)12-4-5-17-11-18-12/h4-5,10-11H,3,6-9H2,1-2H3. The topological polar surface area (TPSA) is 93.6 Å². The molecule has 3 heterocycles. The van der Waals surface area contributed by atoms with Crippen LogP contribution >= 0.6 is 0 Å². The van der Waals surface area contributed by atoms with E-state index in [9.17, 15) is 4.79 Å². The first-order valence-electron chi connectivity index (χ1n) is 7.98. The van der Waals surface area contributed by atoms with Crippen LogP contribution in [0.2, 0.25) is 0 Å². The quantitative estimate of drug-likeness (QED) is 0.797. The maximum atomic E-state index is 12.5. The third kappa shape index (κ3) is 3.93. The number of aromatic nitrogens is 4. The summed E-state index contributed by atoms with van der Waals surface area (Å²) in [6.07, 6.45) is 3.76. The fourth-order valence-electron chi connectivity index (χ4n) is 2.64. The van der Waals surface area contributed by atoms with Crippen LogP contribution in [-0.2, 0) is 0 Å². The molecule has 0 atom stereocenters. The average molecular weight is 344 g/mol. The second-order valence-electron chi connectivity index (χ2n) is 5.48. The molecule has 0 aromatic carbocycles. The van der Waals surface area contributed by atoms with Gasteiger partial charge in [-0.1, -0.05) is 0 Å². The third-order valence-corrected chi connectivity index (χ3v) is 3.95. The van der Waals surface area contributed by atoms with Gasteiger partial charge in [0.1, 0.15) is 12.0 Å². The van der Waals surface area contributed by atoms with Gasteiger partial charge in [-0.25, -0.2) is 9.97 Å². The molecule has 0 radical (unpaired) electrons. The fourth-order valence-corrected chi connectivity index (χ4v) is 2.64. The van der Waals surface area contributed by atoms with E-state index in [-0.39, 0.29) is 5.91 Å². The van der Waals surface area contributed by atoms with Gasteiger partial charge in [0.15, 0.2) is 0 Å². The van der Waals surface area contributed by atoms with Crippen molar-refractivity contribution < 1.29 is 14.3 Å². The molecule has 2 aromatic rings. The van der Waals surface area contributed by atoms with E-state index in [4.69, 9.17) is 9.47 Å². The van der Waals surface area contributed by atoms with Crippen LogP contribution < -0.4 is 14.4 Å². The van der Waals surface area contributed by atoms with Crippen LogP contribution in [0.4, 0.5) is 5.95 Å². The predicted molar refractivity (Wildman–Crippen MR) is 89.9 cm³/mol. The zero-order valence-corrected chi connectivity index (χ0v) is 14.3. The zero-order valence-electron chi connectivity index (χ0n) is 14.3. The summed E-state index contributed by atoms with van der Waals surface area (Å²) in [5.41, 5.74) is 0.405. The van der Waals surface area contributed by atoms with E-state index in [0.717, 1.165) is 13.0 Å². The highest BCUT2D eigenvalue weighted by atomic mass is 16.5. The minimum Gasteiger partial charge on any atom is -0.481 e. The highest BCUT2D eigenvalue weighted by Gasteiger charge is 2.23. The SMILES string of the molecule is COc1cc(OC)nc(N2CCCN(C(=O)c3ccncn3)CC2)n1. The minimum absolute atomic E-state index is 0.0895. The number of methoxy groups -OCH3 is 2. The van der Waals surface area contributed by atoms with E-state index in [1.165, 1.54) is 6.33 Å². The van der Waals surface area contributed by atoms with Gasteiger partial charge in [0.05, 0.1) is 20.3 Å². The lowest BCUT2D eigenvalue weighted by molar-refractivity contribution is 0.0761. The Balaban J connectivity index is 1.72. The van der Waals surface area contributed by atoms with Crippen molar-refractivity contribution in [3.63, 3.8) is 0 Å². The van der Waals surface area contributed by atoms with E-state index >= 15 is 0 Å². The van der Waals surface area contributed by atoms with Crippen molar-refractivity contribution in [2.24, 2.45) is 0 Å². The molecule has 1 amide bonds. The smallest absolute Gasteiger partial charge is 0.272 e. The maximum Gasteiger partial charge on any atom is 0.272 e. The summed E-state index contributed by atoms with van der Waals surface area (Å²) in [5, 5.41) is 0. The van der Waals surface area contributed by atoms with Crippen LogP contribution in [0.3, 0.4) is 0 Å². The van der Waals surface area contributed by atoms with Crippen molar-refractivity contribution in [1.82, 2.24) is 24.8 Å². The van der Waals surface area contributed by atoms with Crippen molar-refractivity contribution in [3.8, 4) is 11.8 Å². The molecule has 1 fully saturated rings. The van der Waals surface area contributed by atoms with E-state index < -0.39 is 0 Å². The third-order valence-electron chi connectivity index (χ3n) is 3.95. The second-order valence-corrected chi connectivity index (χ2v) is 5.48. The number of hydrogen-bond acceptors (Lipinski definition) is 8. The molecule has 0 unspecified atom stereocenters. The number of carbonyl (C=O) groups excluding carboxylic acids is 1. The van der Waals surface area contributed by atoms with Crippen LogP contribution in [0.5, 0.6) is 11.8 Å². The summed E-state index contributed by atoms with van der Waals surface area (Å²) >= 11 is 0. The predicted octanol–water partition coefficient (Wildman–Crippen LogP) is 0.636. The summed E-state index contributed by atoms with van der Waals surface area (Å²) in [6, 6.07) is 3.26. The van der Waals surface area contributed by atoms with E-state index in [0.29, 0.717) is 43.0 Å². The molecule has 9 heteroatoms. The van der Waals surface area contributed by atoms with Crippen molar-refractivity contribution in [2.75, 3.05) is 45.3 Å². The van der Waals surface area contributed by atoms with Crippen molar-refractivity contribution >= 4 is 11.9 Å². The maximum absolute atomic E-state index is 12.5. The normalized spacial score (nSPS) is 14.8. The first kappa shape index (κ1) is 16.9. The molecule has 0 aliphatic carbocycles. The summed E-state index contributed by atoms with van der Waals surface area (Å²) in [6.45, 7) is 2.57. The van der Waals surface area contributed by atoms with Crippen molar-refractivity contribution in [3.05, 3.63) is 30.4 Å². The Morgan fingerprint density at radius 3 is 2.48 bits per heavy atom. The van der Waals surface area contributed by atoms with E-state index in [1.807, 2.05) is 4.90 Å². The Kier molecular flexibility index (Phi) is 5.22. The van der Waals surface area contributed by atoms with Crippen molar-refractivity contribution in [1.29, 1.82) is 0 Å². The van der Waals surface area contributed by atoms with Gasteiger partial charge in [-0.3, -0.25) is 4.79 Å². The molecule has 0 N–H and O–H groups in total. The largest absolute Gasteiger partial charge is 0.481 e. The minimum atomic E-state index is -0.0895. The summed E-state index contributed by atoms with van der Waals surface area (Å²) in [5.74, 6) is 1.33. The monoisotopic (exact) mass is 344 g/mol. The highest BCUT2D eigenvalue weighted by Crippen LogP contribution is 2.21. The Morgan fingerprint density at radius 2 is 1.84 bits per heavy atom. The molecule has 1 aliphatic rings. The second kappa shape index (κ2) is 7.73. The molecule has 0 saturated carbocycles. The van der Waals surface area contributed by atoms with E-state index in [1.54, 1.807) is 37.4 Å². The van der Waals surface area contributed by atoms with Gasteiger partial charge in [0.2, 0.25) is 17.7 Å². The first-order valence-corrected chi connectivity index (χ1v) is 7.98. The molecule has 9 nitrogen and oxygen atoms in total. The number of nitrogens with zero attached hydrogens (tertiary/aromatic N) is 6. The van der Waals surface area contributed by atoms with E-state index in [2.05, 4.69) is 19.9 Å². The van der Waals surface area contributed by atoms with Crippen LogP contribution in [0.25, 0.3) is 0 Å². The lowest BCUT2D eigenvalue weighted by Crippen LogP contribution is -2.36. The molecule has 0 spiro atoms.